The zero-order chi connectivity index (χ0) is 8.85. The van der Waals surface area contributed by atoms with E-state index in [1.54, 1.807) is 0 Å². The van der Waals surface area contributed by atoms with E-state index in [2.05, 4.69) is 32.1 Å². The number of hydrogen-bond donors (Lipinski definition) is 2. The van der Waals surface area contributed by atoms with Crippen LogP contribution in [0.4, 0.5) is 0 Å². The molecular weight excluding hydrogens is 136 g/mol. The Bertz CT molecular complexity index is 135. The van der Waals surface area contributed by atoms with Crippen molar-refractivity contribution in [2.45, 2.75) is 33.2 Å². The Morgan fingerprint density at radius 1 is 1.45 bits per heavy atom. The van der Waals surface area contributed by atoms with Crippen LogP contribution in [0.3, 0.4) is 0 Å². The Morgan fingerprint density at radius 2 is 2.00 bits per heavy atom. The number of rotatable bonds is 4. The van der Waals surface area contributed by atoms with E-state index >= 15 is 0 Å². The molecule has 2 heteroatoms. The fourth-order valence-electron chi connectivity index (χ4n) is 0.988. The van der Waals surface area contributed by atoms with Crippen LogP contribution in [-0.4, -0.2) is 6.04 Å². The molecule has 0 spiro atoms. The van der Waals surface area contributed by atoms with E-state index in [-0.39, 0.29) is 6.04 Å². The Kier molecular flexibility index (Phi) is 4.93. The quantitative estimate of drug-likeness (QED) is 0.362. The topological polar surface area (TPSA) is 38.0 Å². The number of nitrogens with two attached hydrogens (primary N) is 1. The Balaban J connectivity index is 3.93. The van der Waals surface area contributed by atoms with Crippen molar-refractivity contribution in [1.82, 2.24) is 5.43 Å². The van der Waals surface area contributed by atoms with Crippen LogP contribution in [0.5, 0.6) is 0 Å². The molecule has 0 saturated heterocycles. The lowest BCUT2D eigenvalue weighted by Crippen LogP contribution is -2.41. The van der Waals surface area contributed by atoms with Gasteiger partial charge < -0.3 is 0 Å². The van der Waals surface area contributed by atoms with Gasteiger partial charge in [0, 0.05) is 12.5 Å². The van der Waals surface area contributed by atoms with Gasteiger partial charge in [0.2, 0.25) is 0 Å². The largest absolute Gasteiger partial charge is 0.271 e. The molecule has 2 unspecified atom stereocenters. The summed E-state index contributed by atoms with van der Waals surface area (Å²) in [5.74, 6) is 9.10. The molecule has 11 heavy (non-hydrogen) atoms. The first-order valence-electron chi connectivity index (χ1n) is 4.03. The highest BCUT2D eigenvalue weighted by molar-refractivity contribution is 4.91. The summed E-state index contributed by atoms with van der Waals surface area (Å²) in [6.07, 6.45) is 5.90. The Morgan fingerprint density at radius 3 is 2.27 bits per heavy atom. The highest BCUT2D eigenvalue weighted by Crippen LogP contribution is 2.15. The third-order valence-electron chi connectivity index (χ3n) is 2.24. The molecule has 0 rings (SSSR count). The zero-order valence-corrected chi connectivity index (χ0v) is 7.59. The maximum atomic E-state index is 5.35. The fourth-order valence-corrected chi connectivity index (χ4v) is 0.988. The van der Waals surface area contributed by atoms with Gasteiger partial charge in [-0.15, -0.1) is 12.3 Å². The Labute approximate surface area is 69.5 Å². The summed E-state index contributed by atoms with van der Waals surface area (Å²) in [6, 6.07) is 0.250. The van der Waals surface area contributed by atoms with Crippen LogP contribution in [0.1, 0.15) is 27.2 Å². The van der Waals surface area contributed by atoms with Gasteiger partial charge in [-0.05, 0) is 11.8 Å². The first-order valence-corrected chi connectivity index (χ1v) is 4.03. The number of hydrazine groups is 1. The fraction of sp³-hybridized carbons (Fsp3) is 0.778. The number of hydrogen-bond acceptors (Lipinski definition) is 2. The lowest BCUT2D eigenvalue weighted by molar-refractivity contribution is 0.305. The third kappa shape index (κ3) is 3.41. The molecule has 2 nitrogen and oxygen atoms in total. The maximum absolute atomic E-state index is 5.35. The predicted octanol–water partition coefficient (Wildman–Crippen LogP) is 1.13. The van der Waals surface area contributed by atoms with Gasteiger partial charge in [0.1, 0.15) is 0 Å². The monoisotopic (exact) mass is 154 g/mol. The average molecular weight is 154 g/mol. The summed E-state index contributed by atoms with van der Waals surface area (Å²) in [4.78, 5) is 0. The molecule has 0 fully saturated rings. The van der Waals surface area contributed by atoms with Crippen LogP contribution in [-0.2, 0) is 0 Å². The first kappa shape index (κ1) is 10.5. The molecule has 0 aromatic rings. The zero-order valence-electron chi connectivity index (χ0n) is 7.59. The number of nitrogens with one attached hydrogen (secondary N) is 1. The molecule has 0 aliphatic heterocycles. The molecule has 0 saturated carbocycles. The highest BCUT2D eigenvalue weighted by atomic mass is 15.2. The van der Waals surface area contributed by atoms with Crippen LogP contribution in [0.15, 0.2) is 0 Å². The minimum Gasteiger partial charge on any atom is -0.271 e. The smallest absolute Gasteiger partial charge is 0.0347 e. The number of terminal acetylenes is 1. The van der Waals surface area contributed by atoms with Crippen LogP contribution in [0, 0.1) is 24.2 Å². The van der Waals surface area contributed by atoms with E-state index in [1.165, 1.54) is 0 Å². The molecule has 64 valence electrons. The normalized spacial score (nSPS) is 16.0. The van der Waals surface area contributed by atoms with Gasteiger partial charge in [-0.3, -0.25) is 11.3 Å². The second-order valence-corrected chi connectivity index (χ2v) is 3.28. The molecular formula is C9H18N2. The van der Waals surface area contributed by atoms with Crippen LogP contribution in [0.2, 0.25) is 0 Å². The molecule has 0 bridgehead atoms. The van der Waals surface area contributed by atoms with E-state index in [0.717, 1.165) is 0 Å². The molecule has 0 aliphatic rings. The van der Waals surface area contributed by atoms with Gasteiger partial charge >= 0.3 is 0 Å². The van der Waals surface area contributed by atoms with Gasteiger partial charge in [-0.25, -0.2) is 0 Å². The summed E-state index contributed by atoms with van der Waals surface area (Å²) < 4.78 is 0. The van der Waals surface area contributed by atoms with Crippen molar-refractivity contribution < 1.29 is 0 Å². The summed E-state index contributed by atoms with van der Waals surface area (Å²) in [7, 11) is 0. The molecule has 0 amide bonds. The van der Waals surface area contributed by atoms with E-state index in [9.17, 15) is 0 Å². The van der Waals surface area contributed by atoms with Crippen molar-refractivity contribution in [1.29, 1.82) is 0 Å². The van der Waals surface area contributed by atoms with Gasteiger partial charge in [-0.2, -0.15) is 0 Å². The third-order valence-corrected chi connectivity index (χ3v) is 2.24. The standard InChI is InChI=1S/C9H18N2/c1-5-6-9(11-10)8(4)7(2)3/h1,7-9,11H,6,10H2,2-4H3. The van der Waals surface area contributed by atoms with Crippen LogP contribution in [0.25, 0.3) is 0 Å². The van der Waals surface area contributed by atoms with E-state index in [1.807, 2.05) is 0 Å². The van der Waals surface area contributed by atoms with Crippen molar-refractivity contribution in [3.63, 3.8) is 0 Å². The minimum absolute atomic E-state index is 0.250. The maximum Gasteiger partial charge on any atom is 0.0347 e. The average Bonchev–Trinajstić information content (AvgIpc) is 1.98. The second-order valence-electron chi connectivity index (χ2n) is 3.28. The minimum atomic E-state index is 0.250. The molecule has 0 heterocycles. The lowest BCUT2D eigenvalue weighted by Gasteiger charge is -2.24. The molecule has 0 radical (unpaired) electrons. The van der Waals surface area contributed by atoms with Crippen molar-refractivity contribution in [2.24, 2.45) is 17.7 Å². The molecule has 0 aromatic heterocycles. The van der Waals surface area contributed by atoms with Crippen molar-refractivity contribution in [3.8, 4) is 12.3 Å². The van der Waals surface area contributed by atoms with E-state index in [4.69, 9.17) is 12.3 Å². The van der Waals surface area contributed by atoms with Crippen molar-refractivity contribution in [3.05, 3.63) is 0 Å². The summed E-state index contributed by atoms with van der Waals surface area (Å²) in [5, 5.41) is 0. The predicted molar refractivity (Wildman–Crippen MR) is 48.6 cm³/mol. The SMILES string of the molecule is C#CCC(NN)C(C)C(C)C. The van der Waals surface area contributed by atoms with E-state index in [0.29, 0.717) is 18.3 Å². The molecule has 2 atom stereocenters. The molecule has 3 N–H and O–H groups in total. The van der Waals surface area contributed by atoms with Crippen molar-refractivity contribution >= 4 is 0 Å². The second kappa shape index (κ2) is 5.17. The van der Waals surface area contributed by atoms with Gasteiger partial charge in [0.25, 0.3) is 0 Å². The van der Waals surface area contributed by atoms with E-state index < -0.39 is 0 Å². The summed E-state index contributed by atoms with van der Waals surface area (Å²) in [5.41, 5.74) is 2.74. The summed E-state index contributed by atoms with van der Waals surface area (Å²) >= 11 is 0. The summed E-state index contributed by atoms with van der Waals surface area (Å²) in [6.45, 7) is 6.50. The van der Waals surface area contributed by atoms with Crippen molar-refractivity contribution in [2.75, 3.05) is 0 Å². The van der Waals surface area contributed by atoms with Crippen LogP contribution >= 0.6 is 0 Å². The molecule has 0 aliphatic carbocycles. The van der Waals surface area contributed by atoms with Gasteiger partial charge in [0.05, 0.1) is 0 Å². The lowest BCUT2D eigenvalue weighted by atomic mass is 9.89. The molecule has 0 aromatic carbocycles. The van der Waals surface area contributed by atoms with Gasteiger partial charge in [0.15, 0.2) is 0 Å². The first-order chi connectivity index (χ1) is 5.13. The van der Waals surface area contributed by atoms with Crippen LogP contribution < -0.4 is 11.3 Å². The van der Waals surface area contributed by atoms with Gasteiger partial charge in [-0.1, -0.05) is 20.8 Å². The Hall–Kier alpha value is -0.520. The highest BCUT2D eigenvalue weighted by Gasteiger charge is 2.17.